The van der Waals surface area contributed by atoms with E-state index in [0.29, 0.717) is 0 Å². The van der Waals surface area contributed by atoms with Gasteiger partial charge in [0.2, 0.25) is 0 Å². The van der Waals surface area contributed by atoms with Gasteiger partial charge in [0.25, 0.3) is 9.84 Å². The van der Waals surface area contributed by atoms with E-state index in [9.17, 15) is 25.6 Å². The quantitative estimate of drug-likeness (QED) is 0.793. The van der Waals surface area contributed by atoms with Crippen LogP contribution in [0.1, 0.15) is 0 Å². The third kappa shape index (κ3) is 2.04. The molecule has 0 saturated carbocycles. The van der Waals surface area contributed by atoms with Gasteiger partial charge in [-0.3, -0.25) is 0 Å². The molecule has 0 amide bonds. The number of sulfone groups is 1. The maximum atomic E-state index is 13.1. The molecule has 1 rings (SSSR count). The number of hydrogen-bond acceptors (Lipinski definition) is 4. The fourth-order valence-corrected chi connectivity index (χ4v) is 3.74. The van der Waals surface area contributed by atoms with Crippen LogP contribution in [0, 0.1) is 0 Å². The summed E-state index contributed by atoms with van der Waals surface area (Å²) in [4.78, 5) is -0.816. The smallest absolute Gasteiger partial charge is 0.216 e. The second-order valence-electron chi connectivity index (χ2n) is 2.72. The van der Waals surface area contributed by atoms with Gasteiger partial charge in [-0.1, -0.05) is 18.2 Å². The van der Waals surface area contributed by atoms with Gasteiger partial charge in [0.1, 0.15) is 0 Å². The summed E-state index contributed by atoms with van der Waals surface area (Å²) in [6, 6.07) is 5.47. The van der Waals surface area contributed by atoms with Gasteiger partial charge in [-0.25, -0.2) is 16.8 Å². The van der Waals surface area contributed by atoms with Crippen LogP contribution in [0.15, 0.2) is 35.2 Å². The Bertz CT molecular complexity index is 580. The summed E-state index contributed by atoms with van der Waals surface area (Å²) in [5.41, 5.74) is 0. The van der Waals surface area contributed by atoms with Crippen molar-refractivity contribution in [3.05, 3.63) is 30.3 Å². The van der Waals surface area contributed by atoms with Gasteiger partial charge in [-0.05, 0) is 12.1 Å². The summed E-state index contributed by atoms with van der Waals surface area (Å²) in [7, 11) is -6.50. The van der Waals surface area contributed by atoms with Crippen molar-refractivity contribution in [1.29, 1.82) is 0 Å². The van der Waals surface area contributed by atoms with Crippen LogP contribution in [-0.2, 0) is 18.9 Å². The Labute approximate surface area is 95.2 Å². The number of hydrogen-bond donors (Lipinski definition) is 0. The molecule has 1 aromatic carbocycles. The summed E-state index contributed by atoms with van der Waals surface area (Å²) in [5, 5.41) is 0. The van der Waals surface area contributed by atoms with E-state index in [2.05, 4.69) is 10.7 Å². The zero-order valence-electron chi connectivity index (χ0n) is 7.47. The largest absolute Gasteiger partial charge is 0.463 e. The molecule has 0 spiro atoms. The van der Waals surface area contributed by atoms with Crippen molar-refractivity contribution in [1.82, 2.24) is 0 Å². The highest BCUT2D eigenvalue weighted by Crippen LogP contribution is 2.36. The number of alkyl halides is 2. The highest BCUT2D eigenvalue weighted by Gasteiger charge is 2.57. The molecule has 9 heteroatoms. The van der Waals surface area contributed by atoms with E-state index in [1.165, 1.54) is 18.2 Å². The molecule has 0 atom stereocenters. The maximum absolute atomic E-state index is 13.1. The molecule has 0 aliphatic rings. The molecule has 0 bridgehead atoms. The molecule has 0 fully saturated rings. The molecule has 16 heavy (non-hydrogen) atoms. The van der Waals surface area contributed by atoms with Crippen LogP contribution >= 0.6 is 10.7 Å². The van der Waals surface area contributed by atoms with E-state index in [-0.39, 0.29) is 0 Å². The average Bonchev–Trinajstić information content (AvgIpc) is 2.17. The minimum Gasteiger partial charge on any atom is -0.216 e. The zero-order chi connectivity index (χ0) is 12.6. The Morgan fingerprint density at radius 1 is 1.00 bits per heavy atom. The molecule has 0 N–H and O–H groups in total. The lowest BCUT2D eigenvalue weighted by molar-refractivity contribution is 0.183. The number of halogens is 3. The van der Waals surface area contributed by atoms with Crippen molar-refractivity contribution in [3.63, 3.8) is 0 Å². The van der Waals surface area contributed by atoms with Gasteiger partial charge in [-0.15, -0.1) is 0 Å². The molecule has 0 saturated heterocycles. The normalized spacial score (nSPS) is 13.7. The van der Waals surface area contributed by atoms with Crippen molar-refractivity contribution < 1.29 is 25.6 Å². The molecule has 90 valence electrons. The Morgan fingerprint density at radius 3 is 1.81 bits per heavy atom. The van der Waals surface area contributed by atoms with Crippen molar-refractivity contribution in [2.24, 2.45) is 0 Å². The van der Waals surface area contributed by atoms with E-state index in [0.717, 1.165) is 12.1 Å². The lowest BCUT2D eigenvalue weighted by Gasteiger charge is -2.13. The molecular weight excluding hydrogens is 286 g/mol. The molecule has 0 aromatic heterocycles. The van der Waals surface area contributed by atoms with Gasteiger partial charge < -0.3 is 0 Å². The van der Waals surface area contributed by atoms with Crippen LogP contribution in [0.25, 0.3) is 0 Å². The van der Waals surface area contributed by atoms with Crippen LogP contribution in [0.2, 0.25) is 0 Å². The first-order chi connectivity index (χ1) is 7.11. The van der Waals surface area contributed by atoms with Gasteiger partial charge in [-0.2, -0.15) is 8.78 Å². The Hall–Kier alpha value is -0.730. The van der Waals surface area contributed by atoms with Crippen LogP contribution < -0.4 is 0 Å². The molecule has 0 aliphatic carbocycles. The van der Waals surface area contributed by atoms with Gasteiger partial charge in [0.15, 0.2) is 0 Å². The van der Waals surface area contributed by atoms with E-state index in [1.807, 2.05) is 0 Å². The van der Waals surface area contributed by atoms with Crippen molar-refractivity contribution >= 4 is 29.6 Å². The first kappa shape index (κ1) is 13.3. The predicted octanol–water partition coefficient (Wildman–Crippen LogP) is 1.58. The van der Waals surface area contributed by atoms with Crippen molar-refractivity contribution in [2.45, 2.75) is 9.48 Å². The highest BCUT2D eigenvalue weighted by atomic mass is 35.7. The molecule has 0 radical (unpaired) electrons. The fraction of sp³-hybridized carbons (Fsp3) is 0.143. The fourth-order valence-electron chi connectivity index (χ4n) is 0.868. The van der Waals surface area contributed by atoms with Gasteiger partial charge >= 0.3 is 13.6 Å². The average molecular weight is 291 g/mol. The van der Waals surface area contributed by atoms with Crippen LogP contribution in [-0.4, -0.2) is 21.4 Å². The molecule has 0 unspecified atom stereocenters. The molecular formula is C7H5ClF2O4S2. The second kappa shape index (κ2) is 3.94. The van der Waals surface area contributed by atoms with E-state index < -0.39 is 28.4 Å². The Morgan fingerprint density at radius 2 is 1.44 bits per heavy atom. The number of rotatable bonds is 3. The van der Waals surface area contributed by atoms with Crippen molar-refractivity contribution in [2.75, 3.05) is 0 Å². The summed E-state index contributed by atoms with van der Waals surface area (Å²) < 4.78 is 64.7. The van der Waals surface area contributed by atoms with Crippen molar-refractivity contribution in [3.8, 4) is 0 Å². The molecule has 0 heterocycles. The van der Waals surface area contributed by atoms with E-state index >= 15 is 0 Å². The third-order valence-electron chi connectivity index (χ3n) is 1.65. The third-order valence-corrected chi connectivity index (χ3v) is 5.91. The first-order valence-corrected chi connectivity index (χ1v) is 7.51. The van der Waals surface area contributed by atoms with Crippen LogP contribution in [0.5, 0.6) is 0 Å². The summed E-state index contributed by atoms with van der Waals surface area (Å²) in [6.07, 6.45) is 0. The zero-order valence-corrected chi connectivity index (χ0v) is 9.86. The minimum atomic E-state index is -5.56. The Kier molecular flexibility index (Phi) is 3.28. The van der Waals surface area contributed by atoms with E-state index in [4.69, 9.17) is 0 Å². The first-order valence-electron chi connectivity index (χ1n) is 3.72. The summed E-state index contributed by atoms with van der Waals surface area (Å²) in [5.74, 6) is 0. The standard InChI is InChI=1S/C7H5ClF2O4S2/c8-16(13,14)7(9,10)15(11,12)6-4-2-1-3-5-6/h1-5H. The Balaban J connectivity index is 3.47. The topological polar surface area (TPSA) is 68.3 Å². The summed E-state index contributed by atoms with van der Waals surface area (Å²) >= 11 is 0. The SMILES string of the molecule is O=S(=O)(Cl)C(F)(F)S(=O)(=O)c1ccccc1. The minimum absolute atomic E-state index is 0.816. The number of benzene rings is 1. The lowest BCUT2D eigenvalue weighted by atomic mass is 10.4. The molecule has 0 aliphatic heterocycles. The van der Waals surface area contributed by atoms with E-state index in [1.54, 1.807) is 0 Å². The summed E-state index contributed by atoms with van der Waals surface area (Å²) in [6.45, 7) is 0. The highest BCUT2D eigenvalue weighted by molar-refractivity contribution is 8.22. The van der Waals surface area contributed by atoms with Gasteiger partial charge in [0.05, 0.1) is 4.90 Å². The maximum Gasteiger partial charge on any atom is 0.463 e. The van der Waals surface area contributed by atoms with Crippen LogP contribution in [0.3, 0.4) is 0 Å². The molecule has 4 nitrogen and oxygen atoms in total. The van der Waals surface area contributed by atoms with Gasteiger partial charge in [0, 0.05) is 10.7 Å². The monoisotopic (exact) mass is 290 g/mol. The van der Waals surface area contributed by atoms with Crippen LogP contribution in [0.4, 0.5) is 8.78 Å². The molecule has 1 aromatic rings. The second-order valence-corrected chi connectivity index (χ2v) is 7.57. The lowest BCUT2D eigenvalue weighted by Crippen LogP contribution is -2.34. The predicted molar refractivity (Wildman–Crippen MR) is 53.3 cm³/mol.